The minimum absolute atomic E-state index is 0.389. The fourth-order valence-corrected chi connectivity index (χ4v) is 0.289. The molecule has 2 N–H and O–H groups in total. The summed E-state index contributed by atoms with van der Waals surface area (Å²) in [6, 6.07) is -0.389. The molecule has 0 amide bonds. The van der Waals surface area contributed by atoms with E-state index in [0.29, 0.717) is 4.73 Å². The minimum atomic E-state index is -0.389. The Balaban J connectivity index is 3.12. The van der Waals surface area contributed by atoms with Crippen LogP contribution in [0.15, 0.2) is 12.4 Å². The van der Waals surface area contributed by atoms with Crippen LogP contribution in [0.4, 0.5) is 0 Å². The largest absolute Gasteiger partial charge is 0.478 e. The fraction of sp³-hybridized carbons (Fsp3) is 0. The van der Waals surface area contributed by atoms with Crippen molar-refractivity contribution in [2.24, 2.45) is 0 Å². The summed E-state index contributed by atoms with van der Waals surface area (Å²) in [5, 5.41) is 16.7. The highest BCUT2D eigenvalue weighted by molar-refractivity contribution is 4.90. The van der Waals surface area contributed by atoms with Gasteiger partial charge in [0, 0.05) is 0 Å². The molecule has 7 heavy (non-hydrogen) atoms. The Labute approximate surface area is 39.6 Å². The molecule has 0 saturated carbocycles. The molecule has 0 aliphatic carbocycles. The van der Waals surface area contributed by atoms with E-state index >= 15 is 0 Å². The molecule has 0 aromatic carbocycles. The number of hydrogen-bond acceptors (Lipinski definition) is 3. The summed E-state index contributed by atoms with van der Waals surface area (Å²) < 4.78 is 0.528. The van der Waals surface area contributed by atoms with Crippen molar-refractivity contribution in [1.82, 2.24) is 9.71 Å². The molecule has 1 aromatic rings. The summed E-state index contributed by atoms with van der Waals surface area (Å²) in [5.74, 6) is 0. The van der Waals surface area contributed by atoms with E-state index in [1.807, 2.05) is 0 Å². The van der Waals surface area contributed by atoms with Crippen LogP contribution in [0, 0.1) is 0 Å². The Bertz CT molecular complexity index is 143. The molecule has 0 saturated heterocycles. The molecular weight excluding hydrogens is 96.0 g/mol. The van der Waals surface area contributed by atoms with Crippen molar-refractivity contribution >= 4 is 0 Å². The second-order valence-corrected chi connectivity index (χ2v) is 1.07. The Morgan fingerprint density at radius 1 is 1.71 bits per heavy atom. The van der Waals surface area contributed by atoms with Crippen molar-refractivity contribution < 1.29 is 10.3 Å². The first-order chi connectivity index (χ1) is 3.30. The predicted molar refractivity (Wildman–Crippen MR) is 21.1 cm³/mol. The number of aromatic nitrogens is 2. The highest BCUT2D eigenvalue weighted by Crippen LogP contribution is 1.97. The average Bonchev–Trinajstić information content (AvgIpc) is 1.91. The molecule has 0 atom stereocenters. The second-order valence-electron chi connectivity index (χ2n) is 1.07. The smallest absolute Gasteiger partial charge is 0.327 e. The molecule has 0 bridgehead atoms. The van der Waals surface area contributed by atoms with Gasteiger partial charge in [-0.25, -0.2) is 4.98 Å². The van der Waals surface area contributed by atoms with Gasteiger partial charge in [-0.1, -0.05) is 0 Å². The van der Waals surface area contributed by atoms with E-state index in [0.717, 1.165) is 0 Å². The zero-order chi connectivity index (χ0) is 5.28. The number of aromatic hydroxyl groups is 1. The second kappa shape index (κ2) is 1.14. The third kappa shape index (κ3) is 0.489. The van der Waals surface area contributed by atoms with E-state index in [9.17, 15) is 0 Å². The SMILES string of the molecule is Oc1nccn1O. The molecule has 0 unspecified atom stereocenters. The maximum Gasteiger partial charge on any atom is 0.327 e. The Morgan fingerprint density at radius 2 is 2.43 bits per heavy atom. The average molecular weight is 100 g/mol. The summed E-state index contributed by atoms with van der Waals surface area (Å²) in [7, 11) is 0. The normalized spacial score (nSPS) is 9.14. The quantitative estimate of drug-likeness (QED) is 0.445. The molecule has 0 fully saturated rings. The van der Waals surface area contributed by atoms with Gasteiger partial charge in [0.05, 0.1) is 12.4 Å². The van der Waals surface area contributed by atoms with Gasteiger partial charge in [0.15, 0.2) is 0 Å². The van der Waals surface area contributed by atoms with E-state index in [2.05, 4.69) is 4.98 Å². The van der Waals surface area contributed by atoms with Gasteiger partial charge in [-0.2, -0.15) is 0 Å². The van der Waals surface area contributed by atoms with Gasteiger partial charge in [-0.05, 0) is 0 Å². The van der Waals surface area contributed by atoms with Crippen LogP contribution < -0.4 is 0 Å². The molecule has 4 nitrogen and oxygen atoms in total. The minimum Gasteiger partial charge on any atom is -0.478 e. The first kappa shape index (κ1) is 3.98. The van der Waals surface area contributed by atoms with Gasteiger partial charge in [0.2, 0.25) is 0 Å². The molecular formula is C3H4N2O2. The molecule has 0 spiro atoms. The van der Waals surface area contributed by atoms with Gasteiger partial charge in [-0.15, -0.1) is 4.73 Å². The van der Waals surface area contributed by atoms with Crippen LogP contribution in [0.3, 0.4) is 0 Å². The highest BCUT2D eigenvalue weighted by atomic mass is 16.5. The first-order valence-electron chi connectivity index (χ1n) is 1.72. The topological polar surface area (TPSA) is 58.3 Å². The third-order valence-corrected chi connectivity index (χ3v) is 0.603. The third-order valence-electron chi connectivity index (χ3n) is 0.603. The summed E-state index contributed by atoms with van der Waals surface area (Å²) in [6.45, 7) is 0. The summed E-state index contributed by atoms with van der Waals surface area (Å²) in [5.41, 5.74) is 0. The fourth-order valence-electron chi connectivity index (χ4n) is 0.289. The van der Waals surface area contributed by atoms with Crippen LogP contribution in [-0.4, -0.2) is 20.0 Å². The number of hydrogen-bond donors (Lipinski definition) is 2. The van der Waals surface area contributed by atoms with Crippen molar-refractivity contribution in [3.8, 4) is 6.01 Å². The van der Waals surface area contributed by atoms with E-state index < -0.39 is 0 Å². The van der Waals surface area contributed by atoms with E-state index in [-0.39, 0.29) is 6.01 Å². The lowest BCUT2D eigenvalue weighted by molar-refractivity contribution is 0.152. The lowest BCUT2D eigenvalue weighted by Crippen LogP contribution is -1.83. The standard InChI is InChI=1S/C3H4N2O2/c6-3-4-1-2-5(3)7/h1-2,7H,(H,4,6). The number of imidazole rings is 1. The summed E-state index contributed by atoms with van der Waals surface area (Å²) >= 11 is 0. The van der Waals surface area contributed by atoms with E-state index in [1.165, 1.54) is 12.4 Å². The van der Waals surface area contributed by atoms with Gasteiger partial charge in [0.25, 0.3) is 0 Å². The maximum absolute atomic E-state index is 8.36. The lowest BCUT2D eigenvalue weighted by atomic mass is 11.0. The molecule has 1 rings (SSSR count). The van der Waals surface area contributed by atoms with Crippen LogP contribution in [0.1, 0.15) is 0 Å². The van der Waals surface area contributed by atoms with Crippen LogP contribution in [0.25, 0.3) is 0 Å². The van der Waals surface area contributed by atoms with Crippen molar-refractivity contribution in [2.75, 3.05) is 0 Å². The molecule has 38 valence electrons. The Hall–Kier alpha value is -1.19. The highest BCUT2D eigenvalue weighted by Gasteiger charge is 1.90. The number of rotatable bonds is 0. The first-order valence-corrected chi connectivity index (χ1v) is 1.72. The summed E-state index contributed by atoms with van der Waals surface area (Å²) in [6.07, 6.45) is 2.52. The van der Waals surface area contributed by atoms with Crippen LogP contribution in [0.5, 0.6) is 6.01 Å². The van der Waals surface area contributed by atoms with Crippen molar-refractivity contribution in [3.63, 3.8) is 0 Å². The van der Waals surface area contributed by atoms with Crippen molar-refractivity contribution in [3.05, 3.63) is 12.4 Å². The van der Waals surface area contributed by atoms with Gasteiger partial charge in [0.1, 0.15) is 0 Å². The maximum atomic E-state index is 8.36. The predicted octanol–water partition coefficient (Wildman–Crippen LogP) is -0.174. The van der Waals surface area contributed by atoms with Gasteiger partial charge < -0.3 is 10.3 Å². The summed E-state index contributed by atoms with van der Waals surface area (Å²) in [4.78, 5) is 3.28. The molecule has 0 aliphatic rings. The lowest BCUT2D eigenvalue weighted by Gasteiger charge is -1.84. The van der Waals surface area contributed by atoms with Gasteiger partial charge >= 0.3 is 6.01 Å². The monoisotopic (exact) mass is 100 g/mol. The van der Waals surface area contributed by atoms with Crippen molar-refractivity contribution in [2.45, 2.75) is 0 Å². The molecule has 0 aliphatic heterocycles. The zero-order valence-electron chi connectivity index (χ0n) is 3.44. The van der Waals surface area contributed by atoms with Crippen molar-refractivity contribution in [1.29, 1.82) is 0 Å². The number of nitrogens with zero attached hydrogens (tertiary/aromatic N) is 2. The Morgan fingerprint density at radius 3 is 2.57 bits per heavy atom. The van der Waals surface area contributed by atoms with Gasteiger partial charge in [-0.3, -0.25) is 0 Å². The van der Waals surface area contributed by atoms with E-state index in [4.69, 9.17) is 10.3 Å². The van der Waals surface area contributed by atoms with E-state index in [1.54, 1.807) is 0 Å². The molecule has 4 heteroatoms. The Kier molecular flexibility index (Phi) is 0.651. The van der Waals surface area contributed by atoms with Crippen LogP contribution >= 0.6 is 0 Å². The van der Waals surface area contributed by atoms with Crippen LogP contribution in [0.2, 0.25) is 0 Å². The van der Waals surface area contributed by atoms with Crippen LogP contribution in [-0.2, 0) is 0 Å². The zero-order valence-corrected chi connectivity index (χ0v) is 3.44. The molecule has 1 aromatic heterocycles. The molecule has 1 heterocycles. The molecule has 0 radical (unpaired) electrons.